The maximum absolute atomic E-state index is 12.9. The van der Waals surface area contributed by atoms with E-state index in [0.29, 0.717) is 41.1 Å². The fourth-order valence-corrected chi connectivity index (χ4v) is 2.85. The van der Waals surface area contributed by atoms with Gasteiger partial charge in [0.2, 0.25) is 0 Å². The highest BCUT2D eigenvalue weighted by Crippen LogP contribution is 2.27. The number of ether oxygens (including phenoxy) is 1. The maximum atomic E-state index is 12.9. The van der Waals surface area contributed by atoms with Gasteiger partial charge in [0, 0.05) is 29.6 Å². The largest absolute Gasteiger partial charge is 0.455 e. The first kappa shape index (κ1) is 17.4. The van der Waals surface area contributed by atoms with Crippen molar-refractivity contribution in [3.05, 3.63) is 51.0 Å². The van der Waals surface area contributed by atoms with Crippen LogP contribution < -0.4 is 16.9 Å². The van der Waals surface area contributed by atoms with Crippen molar-refractivity contribution < 1.29 is 9.15 Å². The number of aryl methyl sites for hydroxylation is 1. The van der Waals surface area contributed by atoms with Gasteiger partial charge in [0.1, 0.15) is 11.3 Å². The van der Waals surface area contributed by atoms with Crippen LogP contribution in [0.2, 0.25) is 0 Å². The Bertz CT molecular complexity index is 922. The van der Waals surface area contributed by atoms with Crippen molar-refractivity contribution in [2.45, 2.75) is 32.9 Å². The molecule has 132 valence electrons. The third kappa shape index (κ3) is 3.23. The lowest BCUT2D eigenvalue weighted by atomic mass is 9.99. The monoisotopic (exact) mass is 341 g/mol. The van der Waals surface area contributed by atoms with Crippen LogP contribution in [0.5, 0.6) is 0 Å². The van der Waals surface area contributed by atoms with Gasteiger partial charge in [0.05, 0.1) is 30.2 Å². The van der Waals surface area contributed by atoms with E-state index in [0.717, 1.165) is 11.1 Å². The smallest absolute Gasteiger partial charge is 0.196 e. The molecule has 1 atom stereocenters. The van der Waals surface area contributed by atoms with Crippen LogP contribution in [0.4, 0.5) is 0 Å². The molecule has 2 aromatic rings. The Kier molecular flexibility index (Phi) is 4.74. The van der Waals surface area contributed by atoms with E-state index in [9.17, 15) is 4.79 Å². The molecule has 1 aromatic carbocycles. The molecule has 3 rings (SSSR count). The predicted octanol–water partition coefficient (Wildman–Crippen LogP) is 2.20. The molecule has 1 aliphatic rings. The Morgan fingerprint density at radius 3 is 2.64 bits per heavy atom. The van der Waals surface area contributed by atoms with Gasteiger partial charge in [-0.3, -0.25) is 9.79 Å². The predicted molar refractivity (Wildman–Crippen MR) is 99.8 cm³/mol. The highest BCUT2D eigenvalue weighted by molar-refractivity contribution is 6.09. The Labute approximate surface area is 146 Å². The molecule has 1 fully saturated rings. The summed E-state index contributed by atoms with van der Waals surface area (Å²) in [5.41, 5.74) is 15.1. The van der Waals surface area contributed by atoms with Gasteiger partial charge < -0.3 is 20.6 Å². The minimum absolute atomic E-state index is 0.0819. The van der Waals surface area contributed by atoms with Crippen molar-refractivity contribution in [2.75, 3.05) is 13.2 Å². The fraction of sp³-hybridized carbons (Fsp3) is 0.368. The lowest BCUT2D eigenvalue weighted by Crippen LogP contribution is -2.31. The van der Waals surface area contributed by atoms with Gasteiger partial charge in [0.15, 0.2) is 5.43 Å². The molecular weight excluding hydrogens is 318 g/mol. The average Bonchev–Trinajstić information content (AvgIpc) is 2.53. The summed E-state index contributed by atoms with van der Waals surface area (Å²) in [4.78, 5) is 17.3. The SMILES string of the molecule is Cc1cc(C(C)N)c2oc(/C(C=NC3COC3)=C/N)c(C)c(=O)c2c1. The molecule has 0 radical (unpaired) electrons. The number of rotatable bonds is 4. The zero-order valence-corrected chi connectivity index (χ0v) is 14.7. The summed E-state index contributed by atoms with van der Waals surface area (Å²) in [6.45, 7) is 6.74. The molecule has 0 aliphatic carbocycles. The molecule has 6 heteroatoms. The van der Waals surface area contributed by atoms with Crippen LogP contribution in [0.15, 0.2) is 32.5 Å². The standard InChI is InChI=1S/C19H23N3O3/c1-10-4-15(12(3)21)19-16(5-10)17(23)11(2)18(25-19)13(6-20)7-22-14-8-24-9-14/h4-7,12,14H,8-9,20-21H2,1-3H3/b13-6+,22-7?. The highest BCUT2D eigenvalue weighted by atomic mass is 16.5. The first-order valence-electron chi connectivity index (χ1n) is 8.29. The topological polar surface area (TPSA) is 104 Å². The number of hydrogen-bond acceptors (Lipinski definition) is 6. The second kappa shape index (κ2) is 6.82. The second-order valence-electron chi connectivity index (χ2n) is 6.50. The third-order valence-electron chi connectivity index (χ3n) is 4.37. The molecule has 1 aromatic heterocycles. The van der Waals surface area contributed by atoms with Crippen LogP contribution in [-0.4, -0.2) is 25.5 Å². The van der Waals surface area contributed by atoms with Gasteiger partial charge in [-0.05, 0) is 32.4 Å². The van der Waals surface area contributed by atoms with Crippen molar-refractivity contribution in [3.63, 3.8) is 0 Å². The summed E-state index contributed by atoms with van der Waals surface area (Å²) in [6, 6.07) is 3.65. The van der Waals surface area contributed by atoms with Crippen molar-refractivity contribution in [3.8, 4) is 0 Å². The van der Waals surface area contributed by atoms with Crippen molar-refractivity contribution >= 4 is 22.8 Å². The van der Waals surface area contributed by atoms with Gasteiger partial charge in [-0.1, -0.05) is 6.07 Å². The van der Waals surface area contributed by atoms with Crippen LogP contribution >= 0.6 is 0 Å². The van der Waals surface area contributed by atoms with Crippen LogP contribution in [0.25, 0.3) is 16.5 Å². The highest BCUT2D eigenvalue weighted by Gasteiger charge is 2.19. The Morgan fingerprint density at radius 1 is 1.36 bits per heavy atom. The first-order chi connectivity index (χ1) is 11.9. The summed E-state index contributed by atoms with van der Waals surface area (Å²) in [5.74, 6) is 0.426. The second-order valence-corrected chi connectivity index (χ2v) is 6.50. The first-order valence-corrected chi connectivity index (χ1v) is 8.29. The maximum Gasteiger partial charge on any atom is 0.196 e. The van der Waals surface area contributed by atoms with E-state index in [4.69, 9.17) is 20.6 Å². The molecule has 2 heterocycles. The molecule has 0 amide bonds. The lowest BCUT2D eigenvalue weighted by Gasteiger charge is -2.21. The fourth-order valence-electron chi connectivity index (χ4n) is 2.85. The Hall–Kier alpha value is -2.44. The Morgan fingerprint density at radius 2 is 2.08 bits per heavy atom. The molecular formula is C19H23N3O3. The number of hydrogen-bond donors (Lipinski definition) is 2. The van der Waals surface area contributed by atoms with Gasteiger partial charge in [-0.2, -0.15) is 0 Å². The number of benzene rings is 1. The summed E-state index contributed by atoms with van der Waals surface area (Å²) < 4.78 is 11.2. The van der Waals surface area contributed by atoms with Gasteiger partial charge in [-0.15, -0.1) is 0 Å². The number of nitrogens with zero attached hydrogens (tertiary/aromatic N) is 1. The van der Waals surface area contributed by atoms with E-state index < -0.39 is 0 Å². The minimum atomic E-state index is -0.257. The molecule has 1 saturated heterocycles. The quantitative estimate of drug-likeness (QED) is 0.830. The molecule has 25 heavy (non-hydrogen) atoms. The minimum Gasteiger partial charge on any atom is -0.455 e. The summed E-state index contributed by atoms with van der Waals surface area (Å²) >= 11 is 0. The van der Waals surface area contributed by atoms with Gasteiger partial charge in [-0.25, -0.2) is 0 Å². The van der Waals surface area contributed by atoms with Crippen molar-refractivity contribution in [1.82, 2.24) is 0 Å². The summed E-state index contributed by atoms with van der Waals surface area (Å²) in [6.07, 6.45) is 3.05. The molecule has 0 bridgehead atoms. The molecule has 6 nitrogen and oxygen atoms in total. The number of aliphatic imine (C=N–C) groups is 1. The van der Waals surface area contributed by atoms with Crippen LogP contribution in [-0.2, 0) is 4.74 Å². The molecule has 0 saturated carbocycles. The van der Waals surface area contributed by atoms with Crippen LogP contribution in [0, 0.1) is 13.8 Å². The van der Waals surface area contributed by atoms with Gasteiger partial charge in [0.25, 0.3) is 0 Å². The Balaban J connectivity index is 2.20. The molecule has 1 unspecified atom stereocenters. The van der Waals surface area contributed by atoms with Crippen molar-refractivity contribution in [1.29, 1.82) is 0 Å². The molecule has 0 spiro atoms. The van der Waals surface area contributed by atoms with Crippen LogP contribution in [0.1, 0.15) is 35.4 Å². The summed E-state index contributed by atoms with van der Waals surface area (Å²) in [5, 5.41) is 0.536. The zero-order chi connectivity index (χ0) is 18.1. The van der Waals surface area contributed by atoms with E-state index >= 15 is 0 Å². The van der Waals surface area contributed by atoms with Crippen molar-refractivity contribution in [2.24, 2.45) is 16.5 Å². The average molecular weight is 341 g/mol. The van der Waals surface area contributed by atoms with E-state index in [1.165, 1.54) is 6.20 Å². The van der Waals surface area contributed by atoms with E-state index in [1.807, 2.05) is 26.0 Å². The molecule has 1 aliphatic heterocycles. The normalized spacial score (nSPS) is 17.2. The summed E-state index contributed by atoms with van der Waals surface area (Å²) in [7, 11) is 0. The van der Waals surface area contributed by atoms with Gasteiger partial charge >= 0.3 is 0 Å². The van der Waals surface area contributed by atoms with Crippen LogP contribution in [0.3, 0.4) is 0 Å². The van der Waals surface area contributed by atoms with E-state index in [1.54, 1.807) is 13.1 Å². The zero-order valence-electron chi connectivity index (χ0n) is 14.7. The number of allylic oxidation sites excluding steroid dienone is 1. The lowest BCUT2D eigenvalue weighted by molar-refractivity contribution is 0.0135. The van der Waals surface area contributed by atoms with E-state index in [-0.39, 0.29) is 17.5 Å². The third-order valence-corrected chi connectivity index (χ3v) is 4.37. The van der Waals surface area contributed by atoms with E-state index in [2.05, 4.69) is 4.99 Å². The molecule has 4 N–H and O–H groups in total. The number of fused-ring (bicyclic) bond motifs is 1. The number of nitrogens with two attached hydrogens (primary N) is 2.